The minimum absolute atomic E-state index is 0.269. The van der Waals surface area contributed by atoms with Gasteiger partial charge in [-0.25, -0.2) is 4.98 Å². The summed E-state index contributed by atoms with van der Waals surface area (Å²) in [5, 5.41) is 11.0. The molecule has 0 radical (unpaired) electrons. The average Bonchev–Trinajstić information content (AvgIpc) is 3.00. The van der Waals surface area contributed by atoms with Gasteiger partial charge in [-0.05, 0) is 18.2 Å². The number of pyridine rings is 1. The first-order chi connectivity index (χ1) is 13.3. The highest BCUT2D eigenvalue weighted by atomic mass is 19.4. The Morgan fingerprint density at radius 2 is 2.11 bits per heavy atom. The molecule has 10 heteroatoms. The van der Waals surface area contributed by atoms with Gasteiger partial charge in [0.05, 0.1) is 24.4 Å². The van der Waals surface area contributed by atoms with Crippen LogP contribution in [0, 0.1) is 0 Å². The number of rotatable bonds is 4. The number of nitrogens with zero attached hydrogens (tertiary/aromatic N) is 3. The number of amides is 1. The molecule has 0 atom stereocenters. The summed E-state index contributed by atoms with van der Waals surface area (Å²) in [6.45, 7) is 1.66. The van der Waals surface area contributed by atoms with Crippen molar-refractivity contribution >= 4 is 22.5 Å². The van der Waals surface area contributed by atoms with Gasteiger partial charge in [-0.2, -0.15) is 18.3 Å². The zero-order valence-corrected chi connectivity index (χ0v) is 14.7. The van der Waals surface area contributed by atoms with E-state index < -0.39 is 17.8 Å². The lowest BCUT2D eigenvalue weighted by Gasteiger charge is -2.27. The SMILES string of the molecule is COc1cc2nn(C3CNC3)cc2cc1NC(=O)c1cccc(C(F)(F)F)n1. The molecule has 1 fully saturated rings. The third kappa shape index (κ3) is 3.38. The Kier molecular flexibility index (Phi) is 4.42. The minimum Gasteiger partial charge on any atom is -0.494 e. The molecule has 1 amide bonds. The molecule has 2 N–H and O–H groups in total. The Morgan fingerprint density at radius 3 is 2.75 bits per heavy atom. The fraction of sp³-hybridized carbons (Fsp3) is 0.278. The summed E-state index contributed by atoms with van der Waals surface area (Å²) < 4.78 is 45.6. The van der Waals surface area contributed by atoms with E-state index >= 15 is 0 Å². The number of hydrogen-bond acceptors (Lipinski definition) is 5. The molecule has 2 aromatic heterocycles. The van der Waals surface area contributed by atoms with Crippen molar-refractivity contribution < 1.29 is 22.7 Å². The lowest BCUT2D eigenvalue weighted by molar-refractivity contribution is -0.141. The molecule has 146 valence electrons. The van der Waals surface area contributed by atoms with E-state index in [2.05, 4.69) is 20.7 Å². The van der Waals surface area contributed by atoms with Gasteiger partial charge in [0.2, 0.25) is 0 Å². The largest absolute Gasteiger partial charge is 0.494 e. The van der Waals surface area contributed by atoms with Crippen LogP contribution in [-0.4, -0.2) is 40.9 Å². The fourth-order valence-electron chi connectivity index (χ4n) is 2.89. The maximum absolute atomic E-state index is 12.8. The molecule has 0 bridgehead atoms. The molecule has 1 aliphatic rings. The minimum atomic E-state index is -4.63. The molecule has 1 aromatic carbocycles. The van der Waals surface area contributed by atoms with Crippen molar-refractivity contribution in [3.63, 3.8) is 0 Å². The van der Waals surface area contributed by atoms with Crippen LogP contribution in [-0.2, 0) is 6.18 Å². The monoisotopic (exact) mass is 391 g/mol. The van der Waals surface area contributed by atoms with Crippen molar-refractivity contribution in [1.82, 2.24) is 20.1 Å². The first kappa shape index (κ1) is 18.2. The van der Waals surface area contributed by atoms with E-state index in [0.717, 1.165) is 30.6 Å². The second-order valence-electron chi connectivity index (χ2n) is 6.39. The summed E-state index contributed by atoms with van der Waals surface area (Å²) >= 11 is 0. The first-order valence-corrected chi connectivity index (χ1v) is 8.48. The Hall–Kier alpha value is -3.14. The number of aromatic nitrogens is 3. The van der Waals surface area contributed by atoms with Crippen LogP contribution in [0.25, 0.3) is 10.9 Å². The van der Waals surface area contributed by atoms with Crippen molar-refractivity contribution in [1.29, 1.82) is 0 Å². The molecule has 0 saturated carbocycles. The van der Waals surface area contributed by atoms with Crippen molar-refractivity contribution in [2.75, 3.05) is 25.5 Å². The maximum Gasteiger partial charge on any atom is 0.433 e. The smallest absolute Gasteiger partial charge is 0.433 e. The standard InChI is InChI=1S/C18H16F3N5O2/c1-28-15-6-13-10(9-26(25-13)11-7-22-8-11)5-14(15)24-17(27)12-3-2-4-16(23-12)18(19,20)21/h2-6,9,11,22H,7-8H2,1H3,(H,24,27). The Labute approximate surface area is 157 Å². The molecule has 3 aromatic rings. The summed E-state index contributed by atoms with van der Waals surface area (Å²) in [5.41, 5.74) is -0.449. The van der Waals surface area contributed by atoms with Gasteiger partial charge in [-0.1, -0.05) is 6.07 Å². The van der Waals surface area contributed by atoms with Crippen LogP contribution in [0.1, 0.15) is 22.2 Å². The quantitative estimate of drug-likeness (QED) is 0.715. The van der Waals surface area contributed by atoms with E-state index in [1.165, 1.54) is 13.2 Å². The number of methoxy groups -OCH3 is 1. The van der Waals surface area contributed by atoms with Crippen LogP contribution in [0.15, 0.2) is 36.5 Å². The highest BCUT2D eigenvalue weighted by molar-refractivity contribution is 6.05. The van der Waals surface area contributed by atoms with Gasteiger partial charge in [0.15, 0.2) is 0 Å². The predicted octanol–water partition coefficient (Wildman–Crippen LogP) is 2.86. The molecule has 1 saturated heterocycles. The van der Waals surface area contributed by atoms with Crippen molar-refractivity contribution in [3.8, 4) is 5.75 Å². The Bertz CT molecular complexity index is 1040. The second kappa shape index (κ2) is 6.79. The highest BCUT2D eigenvalue weighted by Crippen LogP contribution is 2.31. The molecule has 0 aliphatic carbocycles. The maximum atomic E-state index is 12.8. The van der Waals surface area contributed by atoms with E-state index in [1.54, 1.807) is 12.1 Å². The van der Waals surface area contributed by atoms with E-state index in [4.69, 9.17) is 4.74 Å². The highest BCUT2D eigenvalue weighted by Gasteiger charge is 2.33. The van der Waals surface area contributed by atoms with Gasteiger partial charge in [0, 0.05) is 30.7 Å². The Balaban J connectivity index is 1.64. The average molecular weight is 391 g/mol. The fourth-order valence-corrected chi connectivity index (χ4v) is 2.89. The van der Waals surface area contributed by atoms with Crippen LogP contribution < -0.4 is 15.4 Å². The molecular weight excluding hydrogens is 375 g/mol. The summed E-state index contributed by atoms with van der Waals surface area (Å²) in [6.07, 6.45) is -2.77. The van der Waals surface area contributed by atoms with Gasteiger partial charge in [-0.3, -0.25) is 9.48 Å². The number of carbonyl (C=O) groups excluding carboxylic acids is 1. The van der Waals surface area contributed by atoms with Crippen LogP contribution in [0.5, 0.6) is 5.75 Å². The van der Waals surface area contributed by atoms with Crippen molar-refractivity contribution in [3.05, 3.63) is 47.9 Å². The zero-order chi connectivity index (χ0) is 19.9. The van der Waals surface area contributed by atoms with Crippen LogP contribution in [0.4, 0.5) is 18.9 Å². The summed E-state index contributed by atoms with van der Waals surface area (Å²) in [6, 6.07) is 6.79. The number of ether oxygens (including phenoxy) is 1. The van der Waals surface area contributed by atoms with Gasteiger partial charge in [0.1, 0.15) is 17.1 Å². The van der Waals surface area contributed by atoms with Crippen LogP contribution in [0.3, 0.4) is 0 Å². The van der Waals surface area contributed by atoms with E-state index in [1.807, 2.05) is 10.9 Å². The van der Waals surface area contributed by atoms with Gasteiger partial charge in [-0.15, -0.1) is 0 Å². The number of halogens is 3. The molecule has 3 heterocycles. The van der Waals surface area contributed by atoms with E-state index in [9.17, 15) is 18.0 Å². The number of benzene rings is 1. The van der Waals surface area contributed by atoms with Crippen molar-refractivity contribution in [2.45, 2.75) is 12.2 Å². The third-order valence-electron chi connectivity index (χ3n) is 4.50. The Morgan fingerprint density at radius 1 is 1.32 bits per heavy atom. The van der Waals surface area contributed by atoms with Gasteiger partial charge >= 0.3 is 6.18 Å². The summed E-state index contributed by atoms with van der Waals surface area (Å²) in [5.74, 6) is -0.413. The van der Waals surface area contributed by atoms with E-state index in [0.29, 0.717) is 17.0 Å². The van der Waals surface area contributed by atoms with Crippen LogP contribution in [0.2, 0.25) is 0 Å². The molecular formula is C18H16F3N5O2. The van der Waals surface area contributed by atoms with Crippen LogP contribution >= 0.6 is 0 Å². The normalized spacial score (nSPS) is 14.7. The lowest BCUT2D eigenvalue weighted by Crippen LogP contribution is -2.43. The topological polar surface area (TPSA) is 81.1 Å². The molecule has 0 unspecified atom stereocenters. The molecule has 0 spiro atoms. The first-order valence-electron chi connectivity index (χ1n) is 8.48. The van der Waals surface area contributed by atoms with Gasteiger partial charge < -0.3 is 15.4 Å². The number of nitrogens with one attached hydrogen (secondary N) is 2. The number of anilines is 1. The lowest BCUT2D eigenvalue weighted by atomic mass is 10.2. The van der Waals surface area contributed by atoms with E-state index in [-0.39, 0.29) is 11.7 Å². The number of hydrogen-bond donors (Lipinski definition) is 2. The summed E-state index contributed by atoms with van der Waals surface area (Å²) in [4.78, 5) is 15.8. The number of fused-ring (bicyclic) bond motifs is 1. The number of alkyl halides is 3. The third-order valence-corrected chi connectivity index (χ3v) is 4.50. The number of carbonyl (C=O) groups is 1. The van der Waals surface area contributed by atoms with Crippen molar-refractivity contribution in [2.24, 2.45) is 0 Å². The molecule has 28 heavy (non-hydrogen) atoms. The molecule has 4 rings (SSSR count). The van der Waals surface area contributed by atoms with Gasteiger partial charge in [0.25, 0.3) is 5.91 Å². The second-order valence-corrected chi connectivity index (χ2v) is 6.39. The predicted molar refractivity (Wildman–Crippen MR) is 95.4 cm³/mol. The molecule has 1 aliphatic heterocycles. The summed E-state index contributed by atoms with van der Waals surface area (Å²) in [7, 11) is 1.44. The zero-order valence-electron chi connectivity index (χ0n) is 14.7. The molecule has 7 nitrogen and oxygen atoms in total.